The van der Waals surface area contributed by atoms with Crippen molar-refractivity contribution >= 4 is 23.1 Å². The Morgan fingerprint density at radius 2 is 2.09 bits per heavy atom. The number of rotatable bonds is 4. The lowest BCUT2D eigenvalue weighted by Gasteiger charge is -2.26. The van der Waals surface area contributed by atoms with Gasteiger partial charge in [-0.1, -0.05) is 6.07 Å². The zero-order chi connectivity index (χ0) is 15.4. The van der Waals surface area contributed by atoms with Crippen LogP contribution in [0.4, 0.5) is 0 Å². The average molecular weight is 300 g/mol. The molecule has 2 heterocycles. The SMILES string of the molecule is O=Cc1ccc2cc(OCC(=O)N3CCOCC3)ccc2n1. The van der Waals surface area contributed by atoms with Crippen molar-refractivity contribution in [1.82, 2.24) is 9.88 Å². The molecule has 0 radical (unpaired) electrons. The van der Waals surface area contributed by atoms with Crippen molar-refractivity contribution in [2.75, 3.05) is 32.9 Å². The van der Waals surface area contributed by atoms with Crippen LogP contribution in [0.1, 0.15) is 10.5 Å². The molecule has 22 heavy (non-hydrogen) atoms. The van der Waals surface area contributed by atoms with E-state index in [1.54, 1.807) is 23.1 Å². The molecule has 0 bridgehead atoms. The summed E-state index contributed by atoms with van der Waals surface area (Å²) in [6, 6.07) is 8.79. The standard InChI is InChI=1S/C16H16N2O4/c19-10-13-2-1-12-9-14(3-4-15(12)17-13)22-11-16(20)18-5-7-21-8-6-18/h1-4,9-10H,5-8,11H2. The summed E-state index contributed by atoms with van der Waals surface area (Å²) in [5.74, 6) is 0.563. The lowest BCUT2D eigenvalue weighted by Crippen LogP contribution is -2.42. The Balaban J connectivity index is 1.66. The van der Waals surface area contributed by atoms with Gasteiger partial charge in [0.05, 0.1) is 18.7 Å². The minimum absolute atomic E-state index is 0.00531. The molecule has 0 spiro atoms. The third-order valence-electron chi connectivity index (χ3n) is 3.53. The van der Waals surface area contributed by atoms with E-state index in [2.05, 4.69) is 4.98 Å². The molecule has 1 saturated heterocycles. The molecule has 1 aromatic carbocycles. The highest BCUT2D eigenvalue weighted by Crippen LogP contribution is 2.19. The molecule has 0 unspecified atom stereocenters. The highest BCUT2D eigenvalue weighted by atomic mass is 16.5. The molecule has 1 amide bonds. The Labute approximate surface area is 127 Å². The van der Waals surface area contributed by atoms with E-state index in [4.69, 9.17) is 9.47 Å². The van der Waals surface area contributed by atoms with Crippen molar-refractivity contribution in [3.05, 3.63) is 36.0 Å². The van der Waals surface area contributed by atoms with Crippen LogP contribution in [0.25, 0.3) is 10.9 Å². The lowest BCUT2D eigenvalue weighted by atomic mass is 10.2. The smallest absolute Gasteiger partial charge is 0.260 e. The van der Waals surface area contributed by atoms with E-state index in [0.29, 0.717) is 44.0 Å². The van der Waals surface area contributed by atoms with Gasteiger partial charge in [-0.15, -0.1) is 0 Å². The van der Waals surface area contributed by atoms with E-state index < -0.39 is 0 Å². The molecular weight excluding hydrogens is 284 g/mol. The first-order valence-electron chi connectivity index (χ1n) is 7.10. The van der Waals surface area contributed by atoms with Gasteiger partial charge in [0.25, 0.3) is 5.91 Å². The topological polar surface area (TPSA) is 68.7 Å². The summed E-state index contributed by atoms with van der Waals surface area (Å²) in [6.07, 6.45) is 0.713. The summed E-state index contributed by atoms with van der Waals surface area (Å²) >= 11 is 0. The van der Waals surface area contributed by atoms with Crippen molar-refractivity contribution in [1.29, 1.82) is 0 Å². The van der Waals surface area contributed by atoms with E-state index in [0.717, 1.165) is 10.9 Å². The molecule has 6 heteroatoms. The molecule has 114 valence electrons. The predicted octanol–water partition coefficient (Wildman–Crippen LogP) is 1.28. The zero-order valence-electron chi connectivity index (χ0n) is 12.0. The van der Waals surface area contributed by atoms with Crippen molar-refractivity contribution in [3.8, 4) is 5.75 Å². The largest absolute Gasteiger partial charge is 0.484 e. The Hall–Kier alpha value is -2.47. The number of aldehydes is 1. The van der Waals surface area contributed by atoms with E-state index in [-0.39, 0.29) is 12.5 Å². The van der Waals surface area contributed by atoms with Crippen LogP contribution in [0.3, 0.4) is 0 Å². The number of fused-ring (bicyclic) bond motifs is 1. The highest BCUT2D eigenvalue weighted by Gasteiger charge is 2.17. The Morgan fingerprint density at radius 1 is 1.27 bits per heavy atom. The van der Waals surface area contributed by atoms with Crippen LogP contribution in [0, 0.1) is 0 Å². The number of carbonyl (C=O) groups is 2. The summed E-state index contributed by atoms with van der Waals surface area (Å²) in [6.45, 7) is 2.38. The first-order valence-corrected chi connectivity index (χ1v) is 7.10. The fourth-order valence-corrected chi connectivity index (χ4v) is 2.32. The summed E-state index contributed by atoms with van der Waals surface area (Å²) < 4.78 is 10.8. The number of ether oxygens (including phenoxy) is 2. The number of amides is 1. The van der Waals surface area contributed by atoms with Gasteiger partial charge in [0.2, 0.25) is 0 Å². The Bertz CT molecular complexity index is 696. The molecule has 0 aliphatic carbocycles. The van der Waals surface area contributed by atoms with Gasteiger partial charge in [-0.3, -0.25) is 9.59 Å². The molecular formula is C16H16N2O4. The maximum atomic E-state index is 12.0. The van der Waals surface area contributed by atoms with Crippen molar-refractivity contribution < 1.29 is 19.1 Å². The Morgan fingerprint density at radius 3 is 2.86 bits per heavy atom. The number of nitrogens with zero attached hydrogens (tertiary/aromatic N) is 2. The number of carbonyl (C=O) groups excluding carboxylic acids is 2. The number of benzene rings is 1. The van der Waals surface area contributed by atoms with Gasteiger partial charge in [-0.25, -0.2) is 4.98 Å². The predicted molar refractivity (Wildman–Crippen MR) is 80.0 cm³/mol. The first kappa shape index (κ1) is 14.5. The molecule has 3 rings (SSSR count). The van der Waals surface area contributed by atoms with Gasteiger partial charge in [-0.2, -0.15) is 0 Å². The second-order valence-corrected chi connectivity index (χ2v) is 4.99. The van der Waals surface area contributed by atoms with Gasteiger partial charge in [0.15, 0.2) is 12.9 Å². The second-order valence-electron chi connectivity index (χ2n) is 4.99. The van der Waals surface area contributed by atoms with Crippen molar-refractivity contribution in [3.63, 3.8) is 0 Å². The molecule has 0 saturated carbocycles. The maximum Gasteiger partial charge on any atom is 0.260 e. The normalized spacial score (nSPS) is 14.8. The van der Waals surface area contributed by atoms with Gasteiger partial charge in [0.1, 0.15) is 11.4 Å². The molecule has 1 aliphatic heterocycles. The van der Waals surface area contributed by atoms with Crippen LogP contribution in [-0.4, -0.2) is 55.0 Å². The molecule has 0 atom stereocenters. The number of morpholine rings is 1. The van der Waals surface area contributed by atoms with Gasteiger partial charge < -0.3 is 14.4 Å². The number of pyridine rings is 1. The Kier molecular flexibility index (Phi) is 4.29. The summed E-state index contributed by atoms with van der Waals surface area (Å²) in [4.78, 5) is 28.6. The third kappa shape index (κ3) is 3.23. The van der Waals surface area contributed by atoms with E-state index >= 15 is 0 Å². The number of aromatic nitrogens is 1. The van der Waals surface area contributed by atoms with Crippen LogP contribution in [0.2, 0.25) is 0 Å². The van der Waals surface area contributed by atoms with Crippen molar-refractivity contribution in [2.45, 2.75) is 0 Å². The quantitative estimate of drug-likeness (QED) is 0.796. The van der Waals surface area contributed by atoms with E-state index in [1.165, 1.54) is 0 Å². The maximum absolute atomic E-state index is 12.0. The average Bonchev–Trinajstić information content (AvgIpc) is 2.59. The first-order chi connectivity index (χ1) is 10.8. The second kappa shape index (κ2) is 6.53. The van der Waals surface area contributed by atoms with Crippen LogP contribution in [-0.2, 0) is 9.53 Å². The van der Waals surface area contributed by atoms with E-state index in [9.17, 15) is 9.59 Å². The number of hydrogen-bond donors (Lipinski definition) is 0. The molecule has 2 aromatic rings. The molecule has 1 fully saturated rings. The van der Waals surface area contributed by atoms with Crippen LogP contribution in [0.5, 0.6) is 5.75 Å². The summed E-state index contributed by atoms with van der Waals surface area (Å²) in [5, 5.41) is 0.863. The molecule has 1 aromatic heterocycles. The molecule has 1 aliphatic rings. The fraction of sp³-hybridized carbons (Fsp3) is 0.312. The monoisotopic (exact) mass is 300 g/mol. The summed E-state index contributed by atoms with van der Waals surface area (Å²) in [5.41, 5.74) is 1.11. The van der Waals surface area contributed by atoms with Gasteiger partial charge in [-0.05, 0) is 24.3 Å². The van der Waals surface area contributed by atoms with Gasteiger partial charge in [0, 0.05) is 18.5 Å². The fourth-order valence-electron chi connectivity index (χ4n) is 2.32. The van der Waals surface area contributed by atoms with Crippen LogP contribution >= 0.6 is 0 Å². The number of hydrogen-bond acceptors (Lipinski definition) is 5. The van der Waals surface area contributed by atoms with Crippen LogP contribution < -0.4 is 4.74 Å². The summed E-state index contributed by atoms with van der Waals surface area (Å²) in [7, 11) is 0. The minimum Gasteiger partial charge on any atom is -0.484 e. The lowest BCUT2D eigenvalue weighted by molar-refractivity contribution is -0.137. The van der Waals surface area contributed by atoms with Gasteiger partial charge >= 0.3 is 0 Å². The molecule has 6 nitrogen and oxygen atoms in total. The zero-order valence-corrected chi connectivity index (χ0v) is 12.0. The van der Waals surface area contributed by atoms with Crippen molar-refractivity contribution in [2.24, 2.45) is 0 Å². The molecule has 0 N–H and O–H groups in total. The minimum atomic E-state index is -0.0437. The third-order valence-corrected chi connectivity index (χ3v) is 3.53. The van der Waals surface area contributed by atoms with Crippen LogP contribution in [0.15, 0.2) is 30.3 Å². The van der Waals surface area contributed by atoms with E-state index in [1.807, 2.05) is 12.1 Å². The highest BCUT2D eigenvalue weighted by molar-refractivity contribution is 5.84.